The molecule has 0 radical (unpaired) electrons. The molecule has 3 rings (SSSR count). The molecule has 0 aliphatic heterocycles. The predicted octanol–water partition coefficient (Wildman–Crippen LogP) is 2.12. The molecule has 1 N–H and O–H groups in total. The standard InChI is InChI=1S/C20H22N4O3/c1-14(20(26)23(2)3)21-19(25)16-8-4-5-9-17(16)27-13-15-12-24-11-7-6-10-18(24)22-15/h4-12,14H,13H2,1-3H3,(H,21,25)/t14-/m0/s1. The summed E-state index contributed by atoms with van der Waals surface area (Å²) in [6, 6.07) is 12.1. The lowest BCUT2D eigenvalue weighted by Crippen LogP contribution is -2.44. The molecule has 0 bridgehead atoms. The Balaban J connectivity index is 1.71. The lowest BCUT2D eigenvalue weighted by molar-refractivity contribution is -0.130. The SMILES string of the molecule is C[C@H](NC(=O)c1ccccc1OCc1cn2ccccc2n1)C(=O)N(C)C. The zero-order valence-electron chi connectivity index (χ0n) is 15.5. The minimum absolute atomic E-state index is 0.175. The van der Waals surface area contributed by atoms with Gasteiger partial charge in [0.1, 0.15) is 24.0 Å². The Hall–Kier alpha value is -3.35. The summed E-state index contributed by atoms with van der Waals surface area (Å²) in [6.07, 6.45) is 3.80. The maximum atomic E-state index is 12.6. The van der Waals surface area contributed by atoms with Gasteiger partial charge in [0.15, 0.2) is 0 Å². The molecule has 3 aromatic rings. The number of imidazole rings is 1. The Labute approximate surface area is 157 Å². The maximum Gasteiger partial charge on any atom is 0.255 e. The molecule has 0 aliphatic rings. The van der Waals surface area contributed by atoms with Gasteiger partial charge in [-0.05, 0) is 31.2 Å². The second-order valence-corrected chi connectivity index (χ2v) is 6.41. The highest BCUT2D eigenvalue weighted by molar-refractivity contribution is 5.99. The van der Waals surface area contributed by atoms with Crippen LogP contribution in [-0.2, 0) is 11.4 Å². The zero-order chi connectivity index (χ0) is 19.4. The number of likely N-dealkylation sites (N-methyl/N-ethyl adjacent to an activating group) is 1. The molecule has 2 aromatic heterocycles. The van der Waals surface area contributed by atoms with E-state index in [4.69, 9.17) is 4.74 Å². The molecule has 2 heterocycles. The number of ether oxygens (including phenoxy) is 1. The van der Waals surface area contributed by atoms with E-state index in [1.54, 1.807) is 45.3 Å². The molecule has 1 atom stereocenters. The Bertz CT molecular complexity index is 932. The Morgan fingerprint density at radius 2 is 1.93 bits per heavy atom. The van der Waals surface area contributed by atoms with Crippen molar-refractivity contribution >= 4 is 17.5 Å². The van der Waals surface area contributed by atoms with Gasteiger partial charge in [-0.2, -0.15) is 0 Å². The zero-order valence-corrected chi connectivity index (χ0v) is 15.5. The molecule has 2 amide bonds. The van der Waals surface area contributed by atoms with E-state index in [2.05, 4.69) is 10.3 Å². The van der Waals surface area contributed by atoms with Gasteiger partial charge in [0.05, 0.1) is 11.3 Å². The van der Waals surface area contributed by atoms with Crippen LogP contribution in [0.15, 0.2) is 54.9 Å². The van der Waals surface area contributed by atoms with Crippen molar-refractivity contribution < 1.29 is 14.3 Å². The minimum Gasteiger partial charge on any atom is -0.486 e. The van der Waals surface area contributed by atoms with Gasteiger partial charge in [0, 0.05) is 26.5 Å². The molecule has 7 heteroatoms. The number of aromatic nitrogens is 2. The van der Waals surface area contributed by atoms with Crippen LogP contribution in [0.2, 0.25) is 0 Å². The fourth-order valence-electron chi connectivity index (χ4n) is 2.71. The van der Waals surface area contributed by atoms with Gasteiger partial charge < -0.3 is 19.4 Å². The maximum absolute atomic E-state index is 12.6. The van der Waals surface area contributed by atoms with Gasteiger partial charge >= 0.3 is 0 Å². The van der Waals surface area contributed by atoms with Gasteiger partial charge in [-0.3, -0.25) is 9.59 Å². The minimum atomic E-state index is -0.626. The molecular formula is C20H22N4O3. The van der Waals surface area contributed by atoms with E-state index < -0.39 is 6.04 Å². The number of carbonyl (C=O) groups is 2. The first-order valence-corrected chi connectivity index (χ1v) is 8.62. The first-order chi connectivity index (χ1) is 13.0. The molecule has 140 valence electrons. The molecule has 1 aromatic carbocycles. The van der Waals surface area contributed by atoms with Crippen LogP contribution < -0.4 is 10.1 Å². The van der Waals surface area contributed by atoms with Crippen molar-refractivity contribution in [3.8, 4) is 5.75 Å². The lowest BCUT2D eigenvalue weighted by atomic mass is 10.1. The van der Waals surface area contributed by atoms with E-state index >= 15 is 0 Å². The summed E-state index contributed by atoms with van der Waals surface area (Å²) in [5.74, 6) is -0.0914. The summed E-state index contributed by atoms with van der Waals surface area (Å²) in [5.41, 5.74) is 1.96. The number of nitrogens with zero attached hydrogens (tertiary/aromatic N) is 3. The van der Waals surface area contributed by atoms with Crippen molar-refractivity contribution in [2.45, 2.75) is 19.6 Å². The number of nitrogens with one attached hydrogen (secondary N) is 1. The van der Waals surface area contributed by atoms with Gasteiger partial charge in [-0.1, -0.05) is 18.2 Å². The molecule has 0 saturated carbocycles. The van der Waals surface area contributed by atoms with E-state index in [1.165, 1.54) is 4.90 Å². The van der Waals surface area contributed by atoms with Crippen molar-refractivity contribution in [1.29, 1.82) is 0 Å². The summed E-state index contributed by atoms with van der Waals surface area (Å²) in [4.78, 5) is 30.5. The summed E-state index contributed by atoms with van der Waals surface area (Å²) in [6.45, 7) is 1.89. The average molecular weight is 366 g/mol. The first-order valence-electron chi connectivity index (χ1n) is 8.62. The topological polar surface area (TPSA) is 75.9 Å². The quantitative estimate of drug-likeness (QED) is 0.725. The van der Waals surface area contributed by atoms with Crippen LogP contribution in [0.4, 0.5) is 0 Å². The number of benzene rings is 1. The van der Waals surface area contributed by atoms with Gasteiger partial charge in [-0.15, -0.1) is 0 Å². The highest BCUT2D eigenvalue weighted by Gasteiger charge is 2.20. The predicted molar refractivity (Wildman–Crippen MR) is 102 cm³/mol. The number of para-hydroxylation sites is 1. The Morgan fingerprint density at radius 1 is 1.19 bits per heavy atom. The third-order valence-corrected chi connectivity index (χ3v) is 4.08. The van der Waals surface area contributed by atoms with E-state index in [-0.39, 0.29) is 18.4 Å². The first kappa shape index (κ1) is 18.4. The number of carbonyl (C=O) groups excluding carboxylic acids is 2. The van der Waals surface area contributed by atoms with Crippen LogP contribution in [0, 0.1) is 0 Å². The Kier molecular flexibility index (Phi) is 5.40. The van der Waals surface area contributed by atoms with Crippen molar-refractivity contribution in [2.24, 2.45) is 0 Å². The molecule has 27 heavy (non-hydrogen) atoms. The number of hydrogen-bond donors (Lipinski definition) is 1. The second-order valence-electron chi connectivity index (χ2n) is 6.41. The second kappa shape index (κ2) is 7.90. The van der Waals surface area contributed by atoms with Crippen molar-refractivity contribution in [3.05, 3.63) is 66.1 Å². The third kappa shape index (κ3) is 4.25. The summed E-state index contributed by atoms with van der Waals surface area (Å²) in [7, 11) is 3.30. The average Bonchev–Trinajstić information content (AvgIpc) is 3.08. The van der Waals surface area contributed by atoms with Crippen LogP contribution in [0.3, 0.4) is 0 Å². The van der Waals surface area contributed by atoms with Crippen molar-refractivity contribution in [1.82, 2.24) is 19.6 Å². The van der Waals surface area contributed by atoms with Crippen molar-refractivity contribution in [3.63, 3.8) is 0 Å². The molecule has 0 unspecified atom stereocenters. The highest BCUT2D eigenvalue weighted by atomic mass is 16.5. The fraction of sp³-hybridized carbons (Fsp3) is 0.250. The molecule has 0 spiro atoms. The highest BCUT2D eigenvalue weighted by Crippen LogP contribution is 2.19. The van der Waals surface area contributed by atoms with Gasteiger partial charge in [0.2, 0.25) is 5.91 Å². The normalized spacial score (nSPS) is 11.8. The number of fused-ring (bicyclic) bond motifs is 1. The monoisotopic (exact) mass is 366 g/mol. The van der Waals surface area contributed by atoms with E-state index in [9.17, 15) is 9.59 Å². The van der Waals surface area contributed by atoms with Crippen LogP contribution in [-0.4, -0.2) is 46.2 Å². The van der Waals surface area contributed by atoms with Gasteiger partial charge in [0.25, 0.3) is 5.91 Å². The smallest absolute Gasteiger partial charge is 0.255 e. The van der Waals surface area contributed by atoms with Crippen molar-refractivity contribution in [2.75, 3.05) is 14.1 Å². The third-order valence-electron chi connectivity index (χ3n) is 4.08. The summed E-state index contributed by atoms with van der Waals surface area (Å²) < 4.78 is 7.74. The summed E-state index contributed by atoms with van der Waals surface area (Å²) in [5, 5.41) is 2.71. The largest absolute Gasteiger partial charge is 0.486 e. The molecule has 0 aliphatic carbocycles. The van der Waals surface area contributed by atoms with E-state index in [1.807, 2.05) is 35.0 Å². The number of amides is 2. The van der Waals surface area contributed by atoms with Gasteiger partial charge in [-0.25, -0.2) is 4.98 Å². The Morgan fingerprint density at radius 3 is 2.67 bits per heavy atom. The lowest BCUT2D eigenvalue weighted by Gasteiger charge is -2.18. The van der Waals surface area contributed by atoms with Crippen LogP contribution >= 0.6 is 0 Å². The summed E-state index contributed by atoms with van der Waals surface area (Å²) >= 11 is 0. The fourth-order valence-corrected chi connectivity index (χ4v) is 2.71. The van der Waals surface area contributed by atoms with Crippen LogP contribution in [0.5, 0.6) is 5.75 Å². The number of pyridine rings is 1. The molecular weight excluding hydrogens is 344 g/mol. The number of hydrogen-bond acceptors (Lipinski definition) is 4. The van der Waals surface area contributed by atoms with E-state index in [0.717, 1.165) is 11.3 Å². The number of rotatable bonds is 6. The molecule has 0 saturated heterocycles. The molecule has 7 nitrogen and oxygen atoms in total. The van der Waals surface area contributed by atoms with Crippen LogP contribution in [0.1, 0.15) is 23.0 Å². The van der Waals surface area contributed by atoms with Crippen LogP contribution in [0.25, 0.3) is 5.65 Å². The van der Waals surface area contributed by atoms with E-state index in [0.29, 0.717) is 11.3 Å². The molecule has 0 fully saturated rings.